The number of hydrogen-bond donors (Lipinski definition) is 2. The molecular weight excluding hydrogens is 152 g/mol. The van der Waals surface area contributed by atoms with Crippen LogP contribution in [0.5, 0.6) is 5.75 Å². The van der Waals surface area contributed by atoms with E-state index >= 15 is 0 Å². The summed E-state index contributed by atoms with van der Waals surface area (Å²) in [4.78, 5) is 0. The van der Waals surface area contributed by atoms with Gasteiger partial charge in [-0.1, -0.05) is 19.1 Å². The zero-order valence-corrected chi connectivity index (χ0v) is 7.20. The molecule has 66 valence electrons. The van der Waals surface area contributed by atoms with Crippen molar-refractivity contribution in [1.29, 1.82) is 0 Å². The number of rotatable bonds is 3. The summed E-state index contributed by atoms with van der Waals surface area (Å²) in [6, 6.07) is 6.99. The van der Waals surface area contributed by atoms with Crippen molar-refractivity contribution in [1.82, 2.24) is 0 Å². The summed E-state index contributed by atoms with van der Waals surface area (Å²) in [5.41, 5.74) is 0.976. The minimum Gasteiger partial charge on any atom is -0.508 e. The fourth-order valence-corrected chi connectivity index (χ4v) is 1.10. The van der Waals surface area contributed by atoms with Crippen molar-refractivity contribution in [3.63, 3.8) is 0 Å². The van der Waals surface area contributed by atoms with E-state index < -0.39 is 0 Å². The fourth-order valence-electron chi connectivity index (χ4n) is 1.10. The zero-order chi connectivity index (χ0) is 8.97. The molecule has 0 saturated carbocycles. The molecule has 1 rings (SSSR count). The molecular formula is C10H14O2. The highest BCUT2D eigenvalue weighted by Crippen LogP contribution is 2.13. The Labute approximate surface area is 72.5 Å². The van der Waals surface area contributed by atoms with E-state index in [9.17, 15) is 5.11 Å². The predicted molar refractivity (Wildman–Crippen MR) is 48.1 cm³/mol. The van der Waals surface area contributed by atoms with Crippen molar-refractivity contribution < 1.29 is 10.2 Å². The Bertz CT molecular complexity index is 245. The Balaban J connectivity index is 2.63. The molecule has 0 aromatic heterocycles. The second kappa shape index (κ2) is 4.12. The van der Waals surface area contributed by atoms with Crippen molar-refractivity contribution in [2.75, 3.05) is 0 Å². The molecule has 0 amide bonds. The highest BCUT2D eigenvalue weighted by Gasteiger charge is 2.02. The molecule has 0 aliphatic heterocycles. The summed E-state index contributed by atoms with van der Waals surface area (Å²) in [5.74, 6) is 0.260. The van der Waals surface area contributed by atoms with Gasteiger partial charge in [0.25, 0.3) is 0 Å². The molecule has 2 nitrogen and oxygen atoms in total. The Morgan fingerprint density at radius 3 is 2.75 bits per heavy atom. The zero-order valence-electron chi connectivity index (χ0n) is 7.20. The van der Waals surface area contributed by atoms with Crippen LogP contribution in [0.15, 0.2) is 24.3 Å². The first-order valence-electron chi connectivity index (χ1n) is 4.18. The maximum Gasteiger partial charge on any atom is 0.115 e. The van der Waals surface area contributed by atoms with Crippen molar-refractivity contribution in [2.45, 2.75) is 25.9 Å². The highest BCUT2D eigenvalue weighted by atomic mass is 16.3. The van der Waals surface area contributed by atoms with Crippen LogP contribution in [0.4, 0.5) is 0 Å². The molecule has 0 radical (unpaired) electrons. The summed E-state index contributed by atoms with van der Waals surface area (Å²) in [7, 11) is 0. The van der Waals surface area contributed by atoms with E-state index in [1.165, 1.54) is 0 Å². The molecule has 2 N–H and O–H groups in total. The van der Waals surface area contributed by atoms with Gasteiger partial charge in [0.1, 0.15) is 5.75 Å². The lowest BCUT2D eigenvalue weighted by Gasteiger charge is -2.07. The minimum absolute atomic E-state index is 0.260. The van der Waals surface area contributed by atoms with Crippen LogP contribution in [-0.4, -0.2) is 16.3 Å². The summed E-state index contributed by atoms with van der Waals surface area (Å²) < 4.78 is 0. The largest absolute Gasteiger partial charge is 0.508 e. The molecule has 1 aromatic rings. The van der Waals surface area contributed by atoms with Gasteiger partial charge in [-0.25, -0.2) is 0 Å². The third kappa shape index (κ3) is 2.55. The average molecular weight is 166 g/mol. The number of phenols is 1. The number of aliphatic hydroxyl groups excluding tert-OH is 1. The fraction of sp³-hybridized carbons (Fsp3) is 0.400. The van der Waals surface area contributed by atoms with Crippen molar-refractivity contribution >= 4 is 0 Å². The van der Waals surface area contributed by atoms with Crippen LogP contribution < -0.4 is 0 Å². The molecule has 1 aromatic carbocycles. The number of benzene rings is 1. The highest BCUT2D eigenvalue weighted by molar-refractivity contribution is 5.27. The second-order valence-electron chi connectivity index (χ2n) is 2.94. The van der Waals surface area contributed by atoms with Crippen LogP contribution in [0, 0.1) is 0 Å². The van der Waals surface area contributed by atoms with E-state index in [1.54, 1.807) is 18.2 Å². The van der Waals surface area contributed by atoms with Crippen LogP contribution >= 0.6 is 0 Å². The Morgan fingerprint density at radius 1 is 1.42 bits per heavy atom. The molecule has 0 heterocycles. The maximum atomic E-state index is 9.32. The summed E-state index contributed by atoms with van der Waals surface area (Å²) >= 11 is 0. The first-order valence-corrected chi connectivity index (χ1v) is 4.18. The van der Waals surface area contributed by atoms with E-state index in [-0.39, 0.29) is 11.9 Å². The quantitative estimate of drug-likeness (QED) is 0.717. The van der Waals surface area contributed by atoms with E-state index in [1.807, 2.05) is 13.0 Å². The van der Waals surface area contributed by atoms with Crippen LogP contribution in [0.1, 0.15) is 18.9 Å². The predicted octanol–water partition coefficient (Wildman–Crippen LogP) is 1.71. The summed E-state index contributed by atoms with van der Waals surface area (Å²) in [6.45, 7) is 1.94. The van der Waals surface area contributed by atoms with Crippen LogP contribution in [0.3, 0.4) is 0 Å². The van der Waals surface area contributed by atoms with Crippen molar-refractivity contribution in [3.8, 4) is 5.75 Å². The van der Waals surface area contributed by atoms with Crippen molar-refractivity contribution in [3.05, 3.63) is 29.8 Å². The second-order valence-corrected chi connectivity index (χ2v) is 2.94. The Hall–Kier alpha value is -1.02. The van der Waals surface area contributed by atoms with Gasteiger partial charge in [0.2, 0.25) is 0 Å². The van der Waals surface area contributed by atoms with E-state index in [4.69, 9.17) is 5.11 Å². The lowest BCUT2D eigenvalue weighted by Crippen LogP contribution is -2.07. The molecule has 0 unspecified atom stereocenters. The molecule has 0 spiro atoms. The molecule has 0 aliphatic rings. The molecule has 0 aliphatic carbocycles. The van der Waals surface area contributed by atoms with Crippen LogP contribution in [0.2, 0.25) is 0 Å². The van der Waals surface area contributed by atoms with Crippen LogP contribution in [-0.2, 0) is 6.42 Å². The minimum atomic E-state index is -0.299. The third-order valence-corrected chi connectivity index (χ3v) is 1.85. The third-order valence-electron chi connectivity index (χ3n) is 1.85. The van der Waals surface area contributed by atoms with Gasteiger partial charge in [-0.15, -0.1) is 0 Å². The monoisotopic (exact) mass is 166 g/mol. The van der Waals surface area contributed by atoms with Crippen molar-refractivity contribution in [2.24, 2.45) is 0 Å². The number of phenolic OH excluding ortho intramolecular Hbond substituents is 1. The number of aromatic hydroxyl groups is 1. The molecule has 2 heteroatoms. The van der Waals surface area contributed by atoms with Gasteiger partial charge in [-0.2, -0.15) is 0 Å². The SMILES string of the molecule is CC[C@@H](O)Cc1cccc(O)c1. The molecule has 0 fully saturated rings. The Morgan fingerprint density at radius 2 is 2.17 bits per heavy atom. The standard InChI is InChI=1S/C10H14O2/c1-2-9(11)6-8-4-3-5-10(12)7-8/h3-5,7,9,11-12H,2,6H2,1H3/t9-/m1/s1. The topological polar surface area (TPSA) is 40.5 Å². The number of hydrogen-bond acceptors (Lipinski definition) is 2. The first kappa shape index (κ1) is 9.07. The first-order chi connectivity index (χ1) is 5.72. The molecule has 12 heavy (non-hydrogen) atoms. The molecule has 1 atom stereocenters. The lowest BCUT2D eigenvalue weighted by molar-refractivity contribution is 0.171. The average Bonchev–Trinajstić information content (AvgIpc) is 2.04. The van der Waals surface area contributed by atoms with Crippen LogP contribution in [0.25, 0.3) is 0 Å². The normalized spacial score (nSPS) is 12.8. The van der Waals surface area contributed by atoms with Gasteiger partial charge < -0.3 is 10.2 Å². The maximum absolute atomic E-state index is 9.32. The molecule has 0 bridgehead atoms. The van der Waals surface area contributed by atoms with Gasteiger partial charge in [0, 0.05) is 0 Å². The van der Waals surface area contributed by atoms with E-state index in [0.29, 0.717) is 6.42 Å². The number of aliphatic hydroxyl groups is 1. The Kier molecular flexibility index (Phi) is 3.11. The lowest BCUT2D eigenvalue weighted by atomic mass is 10.1. The van der Waals surface area contributed by atoms with Gasteiger partial charge in [-0.3, -0.25) is 0 Å². The van der Waals surface area contributed by atoms with E-state index in [0.717, 1.165) is 12.0 Å². The van der Waals surface area contributed by atoms with Gasteiger partial charge in [0.05, 0.1) is 6.10 Å². The smallest absolute Gasteiger partial charge is 0.115 e. The van der Waals surface area contributed by atoms with Gasteiger partial charge >= 0.3 is 0 Å². The summed E-state index contributed by atoms with van der Waals surface area (Å²) in [6.07, 6.45) is 1.06. The van der Waals surface area contributed by atoms with Gasteiger partial charge in [-0.05, 0) is 30.5 Å². The van der Waals surface area contributed by atoms with E-state index in [2.05, 4.69) is 0 Å². The molecule has 0 saturated heterocycles. The van der Waals surface area contributed by atoms with Gasteiger partial charge in [0.15, 0.2) is 0 Å². The summed E-state index contributed by atoms with van der Waals surface area (Å²) in [5, 5.41) is 18.4.